The molecule has 0 unspecified atom stereocenters. The molecule has 1 aromatic rings. The monoisotopic (exact) mass is 253 g/mol. The average Bonchev–Trinajstić information content (AvgIpc) is 2.87. The molecular weight excluding hydrogens is 234 g/mol. The van der Waals surface area contributed by atoms with Crippen LogP contribution < -0.4 is 5.73 Å². The number of hydrogen-bond acceptors (Lipinski definition) is 4. The topological polar surface area (TPSA) is 59.2 Å². The van der Waals surface area contributed by atoms with Crippen molar-refractivity contribution in [1.29, 1.82) is 0 Å². The third kappa shape index (κ3) is 2.66. The average molecular weight is 253 g/mol. The SMILES string of the molecule is C[C@H]1CN(C(=O)c2csc(CCN)n2)C[C@@H]1C. The van der Waals surface area contributed by atoms with E-state index < -0.39 is 0 Å². The molecule has 0 saturated carbocycles. The van der Waals surface area contributed by atoms with Crippen LogP contribution in [0.15, 0.2) is 5.38 Å². The summed E-state index contributed by atoms with van der Waals surface area (Å²) in [5.41, 5.74) is 6.06. The van der Waals surface area contributed by atoms with E-state index in [1.54, 1.807) is 0 Å². The van der Waals surface area contributed by atoms with Crippen molar-refractivity contribution >= 4 is 17.2 Å². The minimum absolute atomic E-state index is 0.0701. The fourth-order valence-electron chi connectivity index (χ4n) is 2.10. The summed E-state index contributed by atoms with van der Waals surface area (Å²) in [6.45, 7) is 6.67. The maximum absolute atomic E-state index is 12.2. The van der Waals surface area contributed by atoms with E-state index in [1.165, 1.54) is 11.3 Å². The number of carbonyl (C=O) groups excluding carboxylic acids is 1. The third-order valence-electron chi connectivity index (χ3n) is 3.40. The molecule has 4 nitrogen and oxygen atoms in total. The molecule has 5 heteroatoms. The molecule has 1 aliphatic rings. The van der Waals surface area contributed by atoms with E-state index in [1.807, 2.05) is 10.3 Å². The molecule has 1 fully saturated rings. The van der Waals surface area contributed by atoms with Crippen molar-refractivity contribution in [2.24, 2.45) is 17.6 Å². The zero-order valence-electron chi connectivity index (χ0n) is 10.3. The Hall–Kier alpha value is -0.940. The van der Waals surface area contributed by atoms with Crippen LogP contribution in [0.3, 0.4) is 0 Å². The van der Waals surface area contributed by atoms with Gasteiger partial charge in [-0.2, -0.15) is 0 Å². The Morgan fingerprint density at radius 3 is 2.76 bits per heavy atom. The van der Waals surface area contributed by atoms with Crippen molar-refractivity contribution in [2.45, 2.75) is 20.3 Å². The van der Waals surface area contributed by atoms with Crippen LogP contribution in [-0.2, 0) is 6.42 Å². The molecule has 2 heterocycles. The molecule has 17 heavy (non-hydrogen) atoms. The van der Waals surface area contributed by atoms with Crippen molar-refractivity contribution in [3.8, 4) is 0 Å². The first-order chi connectivity index (χ1) is 8.11. The van der Waals surface area contributed by atoms with Crippen LogP contribution in [0.25, 0.3) is 0 Å². The second-order valence-corrected chi connectivity index (χ2v) is 5.77. The van der Waals surface area contributed by atoms with Gasteiger partial charge in [0.05, 0.1) is 5.01 Å². The van der Waals surface area contributed by atoms with Crippen LogP contribution in [0.4, 0.5) is 0 Å². The van der Waals surface area contributed by atoms with E-state index in [9.17, 15) is 4.79 Å². The van der Waals surface area contributed by atoms with Crippen molar-refractivity contribution in [3.63, 3.8) is 0 Å². The van der Waals surface area contributed by atoms with Crippen LogP contribution in [0.1, 0.15) is 29.3 Å². The molecule has 0 spiro atoms. The van der Waals surface area contributed by atoms with Gasteiger partial charge in [-0.05, 0) is 18.4 Å². The van der Waals surface area contributed by atoms with Gasteiger partial charge >= 0.3 is 0 Å². The van der Waals surface area contributed by atoms with Crippen molar-refractivity contribution in [2.75, 3.05) is 19.6 Å². The number of nitrogens with two attached hydrogens (primary N) is 1. The number of hydrogen-bond donors (Lipinski definition) is 1. The highest BCUT2D eigenvalue weighted by atomic mass is 32.1. The summed E-state index contributed by atoms with van der Waals surface area (Å²) in [4.78, 5) is 18.4. The quantitative estimate of drug-likeness (QED) is 0.885. The lowest BCUT2D eigenvalue weighted by molar-refractivity contribution is 0.0780. The molecule has 1 amide bonds. The number of nitrogens with zero attached hydrogens (tertiary/aromatic N) is 2. The summed E-state index contributed by atoms with van der Waals surface area (Å²) in [6.07, 6.45) is 0.755. The molecule has 2 N–H and O–H groups in total. The maximum atomic E-state index is 12.2. The fraction of sp³-hybridized carbons (Fsp3) is 0.667. The van der Waals surface area contributed by atoms with E-state index >= 15 is 0 Å². The minimum Gasteiger partial charge on any atom is -0.337 e. The van der Waals surface area contributed by atoms with Crippen LogP contribution in [0, 0.1) is 11.8 Å². The van der Waals surface area contributed by atoms with Gasteiger partial charge in [0.2, 0.25) is 0 Å². The van der Waals surface area contributed by atoms with E-state index in [0.29, 0.717) is 24.1 Å². The number of rotatable bonds is 3. The summed E-state index contributed by atoms with van der Waals surface area (Å²) >= 11 is 1.52. The minimum atomic E-state index is 0.0701. The number of aromatic nitrogens is 1. The molecule has 2 atom stereocenters. The van der Waals surface area contributed by atoms with E-state index in [4.69, 9.17) is 5.73 Å². The first-order valence-electron chi connectivity index (χ1n) is 6.05. The highest BCUT2D eigenvalue weighted by Gasteiger charge is 2.30. The van der Waals surface area contributed by atoms with Crippen LogP contribution in [0.2, 0.25) is 0 Å². The highest BCUT2D eigenvalue weighted by molar-refractivity contribution is 7.09. The first kappa shape index (κ1) is 12.5. The van der Waals surface area contributed by atoms with Crippen molar-refractivity contribution in [3.05, 3.63) is 16.1 Å². The Morgan fingerprint density at radius 2 is 2.18 bits per heavy atom. The zero-order chi connectivity index (χ0) is 12.4. The standard InChI is InChI=1S/C12H19N3OS/c1-8-5-15(6-9(8)2)12(16)10-7-17-11(14-10)3-4-13/h7-9H,3-6,13H2,1-2H3/t8-,9-/m0/s1. The highest BCUT2D eigenvalue weighted by Crippen LogP contribution is 2.24. The zero-order valence-corrected chi connectivity index (χ0v) is 11.2. The summed E-state index contributed by atoms with van der Waals surface area (Å²) in [5, 5.41) is 2.80. The maximum Gasteiger partial charge on any atom is 0.273 e. The van der Waals surface area contributed by atoms with Gasteiger partial charge in [0, 0.05) is 24.9 Å². The van der Waals surface area contributed by atoms with E-state index in [-0.39, 0.29) is 5.91 Å². The van der Waals surface area contributed by atoms with Gasteiger partial charge in [0.25, 0.3) is 5.91 Å². The summed E-state index contributed by atoms with van der Waals surface area (Å²) in [6, 6.07) is 0. The predicted octanol–water partition coefficient (Wildman–Crippen LogP) is 1.37. The smallest absolute Gasteiger partial charge is 0.273 e. The van der Waals surface area contributed by atoms with Gasteiger partial charge in [0.15, 0.2) is 0 Å². The van der Waals surface area contributed by atoms with Crippen LogP contribution >= 0.6 is 11.3 Å². The van der Waals surface area contributed by atoms with Gasteiger partial charge in [0.1, 0.15) is 5.69 Å². The first-order valence-corrected chi connectivity index (χ1v) is 6.93. The number of thiazole rings is 1. The lowest BCUT2D eigenvalue weighted by atomic mass is 10.0. The van der Waals surface area contributed by atoms with E-state index in [0.717, 1.165) is 24.5 Å². The number of carbonyl (C=O) groups is 1. The number of likely N-dealkylation sites (tertiary alicyclic amines) is 1. The Morgan fingerprint density at radius 1 is 1.53 bits per heavy atom. The van der Waals surface area contributed by atoms with Gasteiger partial charge in [-0.3, -0.25) is 4.79 Å². The molecule has 0 aromatic carbocycles. The normalized spacial score (nSPS) is 24.3. The van der Waals surface area contributed by atoms with Gasteiger partial charge in [-0.1, -0.05) is 13.8 Å². The molecule has 1 saturated heterocycles. The van der Waals surface area contributed by atoms with Crippen molar-refractivity contribution < 1.29 is 4.79 Å². The molecule has 0 aliphatic carbocycles. The van der Waals surface area contributed by atoms with Crippen LogP contribution in [0.5, 0.6) is 0 Å². The molecule has 0 radical (unpaired) electrons. The molecule has 1 aromatic heterocycles. The van der Waals surface area contributed by atoms with Gasteiger partial charge < -0.3 is 10.6 Å². The molecule has 0 bridgehead atoms. The Labute approximate surface area is 106 Å². The molecule has 2 rings (SSSR count). The predicted molar refractivity (Wildman–Crippen MR) is 69.1 cm³/mol. The second kappa shape index (κ2) is 5.14. The Balaban J connectivity index is 2.04. The Kier molecular flexibility index (Phi) is 3.79. The lowest BCUT2D eigenvalue weighted by Gasteiger charge is -2.14. The van der Waals surface area contributed by atoms with Crippen LogP contribution in [-0.4, -0.2) is 35.4 Å². The summed E-state index contributed by atoms with van der Waals surface area (Å²) < 4.78 is 0. The van der Waals surface area contributed by atoms with E-state index in [2.05, 4.69) is 18.8 Å². The third-order valence-corrected chi connectivity index (χ3v) is 4.31. The van der Waals surface area contributed by atoms with Gasteiger partial charge in [-0.15, -0.1) is 11.3 Å². The molecular formula is C12H19N3OS. The fourth-order valence-corrected chi connectivity index (χ4v) is 2.89. The number of amides is 1. The lowest BCUT2D eigenvalue weighted by Crippen LogP contribution is -2.29. The summed E-state index contributed by atoms with van der Waals surface area (Å²) in [5.74, 6) is 1.24. The molecule has 1 aliphatic heterocycles. The summed E-state index contributed by atoms with van der Waals surface area (Å²) in [7, 11) is 0. The van der Waals surface area contributed by atoms with Gasteiger partial charge in [-0.25, -0.2) is 4.98 Å². The second-order valence-electron chi connectivity index (χ2n) is 4.83. The Bertz CT molecular complexity index is 394. The largest absolute Gasteiger partial charge is 0.337 e. The van der Waals surface area contributed by atoms with Crippen molar-refractivity contribution in [1.82, 2.24) is 9.88 Å². The molecule has 94 valence electrons.